The van der Waals surface area contributed by atoms with Crippen LogP contribution in [0.5, 0.6) is 0 Å². The van der Waals surface area contributed by atoms with Crippen molar-refractivity contribution in [1.29, 1.82) is 0 Å². The van der Waals surface area contributed by atoms with Gasteiger partial charge < -0.3 is 0 Å². The molecule has 5 heteroatoms. The van der Waals surface area contributed by atoms with E-state index in [1.807, 2.05) is 29.7 Å². The van der Waals surface area contributed by atoms with Crippen molar-refractivity contribution in [2.75, 3.05) is 0 Å². The molecule has 4 aromatic heterocycles. The second-order valence-corrected chi connectivity index (χ2v) is 12.2. The third-order valence-corrected chi connectivity index (χ3v) is 10.0. The van der Waals surface area contributed by atoms with Crippen LogP contribution in [0.25, 0.3) is 91.8 Å². The van der Waals surface area contributed by atoms with Gasteiger partial charge in [0.15, 0.2) is 0 Å². The van der Waals surface area contributed by atoms with Crippen LogP contribution in [-0.4, -0.2) is 19.5 Å². The number of thiophene rings is 1. The average molecular weight is 579 g/mol. The molecule has 0 saturated carbocycles. The van der Waals surface area contributed by atoms with E-state index >= 15 is 0 Å². The number of para-hydroxylation sites is 1. The van der Waals surface area contributed by atoms with Crippen molar-refractivity contribution in [2.24, 2.45) is 0 Å². The molecular weight excluding hydrogens is 557 g/mol. The van der Waals surface area contributed by atoms with E-state index < -0.39 is 0 Å². The van der Waals surface area contributed by atoms with Gasteiger partial charge in [0.1, 0.15) is 5.65 Å². The van der Waals surface area contributed by atoms with Gasteiger partial charge in [-0.1, -0.05) is 103 Å². The second-order valence-electron chi connectivity index (χ2n) is 11.2. The first-order chi connectivity index (χ1) is 21.8. The van der Waals surface area contributed by atoms with Gasteiger partial charge in [0.2, 0.25) is 5.95 Å². The number of hydrogen-bond acceptors (Lipinski definition) is 4. The van der Waals surface area contributed by atoms with E-state index in [1.165, 1.54) is 47.1 Å². The van der Waals surface area contributed by atoms with Gasteiger partial charge >= 0.3 is 0 Å². The molecule has 0 saturated heterocycles. The lowest BCUT2D eigenvalue weighted by molar-refractivity contribution is 1.00. The molecule has 0 aliphatic heterocycles. The smallest absolute Gasteiger partial charge is 0.237 e. The summed E-state index contributed by atoms with van der Waals surface area (Å²) >= 11 is 1.83. The molecule has 6 aromatic carbocycles. The lowest BCUT2D eigenvalue weighted by atomic mass is 9.99. The normalized spacial score (nSPS) is 12.1. The summed E-state index contributed by atoms with van der Waals surface area (Å²) in [6.07, 6.45) is 1.87. The maximum Gasteiger partial charge on any atom is 0.237 e. The fourth-order valence-corrected chi connectivity index (χ4v) is 8.26. The Bertz CT molecular complexity index is 2780. The molecule has 0 bridgehead atoms. The van der Waals surface area contributed by atoms with Crippen LogP contribution in [-0.2, 0) is 0 Å². The van der Waals surface area contributed by atoms with Crippen LogP contribution in [0.2, 0.25) is 0 Å². The number of benzene rings is 6. The molecular formula is C39H22N4S. The first-order valence-electron chi connectivity index (χ1n) is 14.7. The van der Waals surface area contributed by atoms with Crippen LogP contribution in [0.15, 0.2) is 134 Å². The summed E-state index contributed by atoms with van der Waals surface area (Å²) in [5.41, 5.74) is 4.88. The molecule has 0 radical (unpaired) electrons. The molecule has 4 nitrogen and oxygen atoms in total. The molecule has 10 aromatic rings. The van der Waals surface area contributed by atoms with Gasteiger partial charge in [-0.15, -0.1) is 11.3 Å². The molecule has 0 spiro atoms. The van der Waals surface area contributed by atoms with Crippen molar-refractivity contribution in [3.05, 3.63) is 134 Å². The van der Waals surface area contributed by atoms with Crippen molar-refractivity contribution >= 4 is 85.9 Å². The Labute approximate surface area is 255 Å². The second kappa shape index (κ2) is 8.93. The van der Waals surface area contributed by atoms with Crippen LogP contribution < -0.4 is 0 Å². The van der Waals surface area contributed by atoms with Crippen molar-refractivity contribution in [2.45, 2.75) is 0 Å². The Morgan fingerprint density at radius 1 is 0.523 bits per heavy atom. The number of fused-ring (bicyclic) bond motifs is 12. The number of aromatic nitrogens is 4. The van der Waals surface area contributed by atoms with Gasteiger partial charge in [0.25, 0.3) is 0 Å². The molecule has 0 atom stereocenters. The van der Waals surface area contributed by atoms with Crippen LogP contribution >= 0.6 is 11.3 Å². The SMILES string of the molecule is c1ccc2c(-c3nc(-n4c5ncccc5c5c6ccccc6c6c7ccccc7sc6c54)nc4ccccc34)cccc2c1. The summed E-state index contributed by atoms with van der Waals surface area (Å²) in [7, 11) is 0. The van der Waals surface area contributed by atoms with E-state index in [0.717, 1.165) is 38.7 Å². The Morgan fingerprint density at radius 2 is 1.20 bits per heavy atom. The molecule has 0 aliphatic carbocycles. The van der Waals surface area contributed by atoms with Gasteiger partial charge in [-0.3, -0.25) is 4.57 Å². The van der Waals surface area contributed by atoms with Crippen molar-refractivity contribution in [3.8, 4) is 17.2 Å². The van der Waals surface area contributed by atoms with Crippen LogP contribution in [0.3, 0.4) is 0 Å². The van der Waals surface area contributed by atoms with Crippen LogP contribution in [0.1, 0.15) is 0 Å². The maximum absolute atomic E-state index is 5.42. The lowest BCUT2D eigenvalue weighted by Crippen LogP contribution is -2.04. The highest BCUT2D eigenvalue weighted by molar-refractivity contribution is 7.27. The first kappa shape index (κ1) is 23.9. The highest BCUT2D eigenvalue weighted by Crippen LogP contribution is 2.47. The largest absolute Gasteiger partial charge is 0.260 e. The predicted molar refractivity (Wildman–Crippen MR) is 185 cm³/mol. The van der Waals surface area contributed by atoms with E-state index in [9.17, 15) is 0 Å². The van der Waals surface area contributed by atoms with E-state index in [2.05, 4.69) is 120 Å². The minimum atomic E-state index is 0.624. The minimum Gasteiger partial charge on any atom is -0.260 e. The quantitative estimate of drug-likeness (QED) is 0.205. The summed E-state index contributed by atoms with van der Waals surface area (Å²) in [5, 5.41) is 10.7. The fourth-order valence-electron chi connectivity index (χ4n) is 7.00. The zero-order valence-corrected chi connectivity index (χ0v) is 24.2. The van der Waals surface area contributed by atoms with Gasteiger partial charge in [0, 0.05) is 43.4 Å². The molecule has 44 heavy (non-hydrogen) atoms. The molecule has 0 unspecified atom stereocenters. The summed E-state index contributed by atoms with van der Waals surface area (Å²) in [6, 6.07) is 45.0. The Kier molecular flexibility index (Phi) is 4.84. The predicted octanol–water partition coefficient (Wildman–Crippen LogP) is 10.5. The van der Waals surface area contributed by atoms with E-state index in [4.69, 9.17) is 15.0 Å². The topological polar surface area (TPSA) is 43.6 Å². The lowest BCUT2D eigenvalue weighted by Gasteiger charge is -2.13. The van der Waals surface area contributed by atoms with Gasteiger partial charge in [0.05, 0.1) is 21.4 Å². The van der Waals surface area contributed by atoms with Crippen LogP contribution in [0, 0.1) is 0 Å². The summed E-state index contributed by atoms with van der Waals surface area (Å²) in [5.74, 6) is 0.624. The third kappa shape index (κ3) is 3.19. The number of hydrogen-bond donors (Lipinski definition) is 0. The number of nitrogens with zero attached hydrogens (tertiary/aromatic N) is 4. The zero-order valence-electron chi connectivity index (χ0n) is 23.4. The first-order valence-corrected chi connectivity index (χ1v) is 15.5. The standard InChI is InChI=1S/C39H22N4S/c1-2-13-24-23(11-1)12-9-18-27(24)35-28-16-5-7-20-31(28)41-39(42-35)43-36-33(30-19-10-22-40-38(30)43)25-14-3-4-15-26(25)34-29-17-6-8-21-32(29)44-37(34)36/h1-22H. The number of pyridine rings is 1. The van der Waals surface area contributed by atoms with E-state index in [-0.39, 0.29) is 0 Å². The Morgan fingerprint density at radius 3 is 2.09 bits per heavy atom. The molecule has 0 aliphatic rings. The highest BCUT2D eigenvalue weighted by Gasteiger charge is 2.24. The van der Waals surface area contributed by atoms with Gasteiger partial charge in [-0.2, -0.15) is 0 Å². The fraction of sp³-hybridized carbons (Fsp3) is 0. The maximum atomic E-state index is 5.42. The highest BCUT2D eigenvalue weighted by atomic mass is 32.1. The molecule has 0 amide bonds. The van der Waals surface area contributed by atoms with E-state index in [0.29, 0.717) is 5.95 Å². The Balaban J connectivity index is 1.43. The minimum absolute atomic E-state index is 0.624. The number of rotatable bonds is 2. The third-order valence-electron chi connectivity index (χ3n) is 8.84. The zero-order chi connectivity index (χ0) is 28.8. The average Bonchev–Trinajstić information content (AvgIpc) is 3.65. The van der Waals surface area contributed by atoms with Gasteiger partial charge in [-0.25, -0.2) is 15.0 Å². The van der Waals surface area contributed by atoms with Crippen molar-refractivity contribution < 1.29 is 0 Å². The van der Waals surface area contributed by atoms with Gasteiger partial charge in [-0.05, 0) is 45.8 Å². The summed E-state index contributed by atoms with van der Waals surface area (Å²) in [6.45, 7) is 0. The van der Waals surface area contributed by atoms with Crippen molar-refractivity contribution in [3.63, 3.8) is 0 Å². The molecule has 0 N–H and O–H groups in total. The monoisotopic (exact) mass is 578 g/mol. The summed E-state index contributed by atoms with van der Waals surface area (Å²) < 4.78 is 4.69. The molecule has 10 rings (SSSR count). The molecule has 204 valence electrons. The van der Waals surface area contributed by atoms with Crippen LogP contribution in [0.4, 0.5) is 0 Å². The summed E-state index contributed by atoms with van der Waals surface area (Å²) in [4.78, 5) is 15.6. The molecule has 0 fully saturated rings. The molecule has 4 heterocycles. The Hall–Kier alpha value is -5.65. The van der Waals surface area contributed by atoms with E-state index in [1.54, 1.807) is 0 Å². The van der Waals surface area contributed by atoms with Crippen molar-refractivity contribution in [1.82, 2.24) is 19.5 Å².